The second kappa shape index (κ2) is 9.74. The fraction of sp³-hybridized carbons (Fsp3) is 0.414. The second-order valence-corrected chi connectivity index (χ2v) is 11.7. The first-order valence-corrected chi connectivity index (χ1v) is 13.2. The van der Waals surface area contributed by atoms with E-state index in [0.717, 1.165) is 65.3 Å². The predicted molar refractivity (Wildman–Crippen MR) is 152 cm³/mol. The SMILES string of the molecule is CC(C)(CNc1ccnc2cc(Cl)ccc12)CC(C)(C)Nc1nc(N2CCCC2)nc2ccccc12. The van der Waals surface area contributed by atoms with Crippen molar-refractivity contribution in [1.29, 1.82) is 0 Å². The molecule has 6 nitrogen and oxygen atoms in total. The average Bonchev–Trinajstić information content (AvgIpc) is 3.37. The third-order valence-corrected chi connectivity index (χ3v) is 7.05. The maximum Gasteiger partial charge on any atom is 0.227 e. The van der Waals surface area contributed by atoms with E-state index in [2.05, 4.69) is 66.4 Å². The molecule has 0 atom stereocenters. The van der Waals surface area contributed by atoms with E-state index < -0.39 is 0 Å². The van der Waals surface area contributed by atoms with Gasteiger partial charge in [-0.25, -0.2) is 4.98 Å². The van der Waals surface area contributed by atoms with Crippen molar-refractivity contribution in [1.82, 2.24) is 15.0 Å². The number of para-hydroxylation sites is 1. The molecule has 36 heavy (non-hydrogen) atoms. The smallest absolute Gasteiger partial charge is 0.227 e. The van der Waals surface area contributed by atoms with Crippen molar-refractivity contribution < 1.29 is 0 Å². The number of halogens is 1. The number of nitrogens with one attached hydrogen (secondary N) is 2. The molecule has 2 aromatic heterocycles. The van der Waals surface area contributed by atoms with E-state index in [1.807, 2.05) is 36.5 Å². The van der Waals surface area contributed by atoms with Crippen LogP contribution in [0.15, 0.2) is 54.7 Å². The minimum atomic E-state index is -0.182. The van der Waals surface area contributed by atoms with Gasteiger partial charge in [0.25, 0.3) is 0 Å². The molecular weight excluding hydrogens is 468 g/mol. The van der Waals surface area contributed by atoms with Gasteiger partial charge in [0, 0.05) is 52.9 Å². The standard InChI is InChI=1S/C29H35ClN6/c1-28(2,19-32-23-13-14-31-25-17-20(30)11-12-21(23)25)18-29(3,4)35-26-22-9-5-6-10-24(22)33-27(34-26)36-15-7-8-16-36/h5-6,9-14,17H,7-8,15-16,18-19H2,1-4H3,(H,31,32)(H,33,34,35). The highest BCUT2D eigenvalue weighted by Crippen LogP contribution is 2.34. The molecule has 1 fully saturated rings. The molecule has 0 radical (unpaired) electrons. The summed E-state index contributed by atoms with van der Waals surface area (Å²) in [5.74, 6) is 1.74. The van der Waals surface area contributed by atoms with E-state index in [1.54, 1.807) is 0 Å². The lowest BCUT2D eigenvalue weighted by Gasteiger charge is -2.37. The predicted octanol–water partition coefficient (Wildman–Crippen LogP) is 7.15. The Morgan fingerprint density at radius 2 is 1.69 bits per heavy atom. The van der Waals surface area contributed by atoms with Gasteiger partial charge >= 0.3 is 0 Å². The van der Waals surface area contributed by atoms with E-state index in [1.165, 1.54) is 12.8 Å². The van der Waals surface area contributed by atoms with E-state index in [4.69, 9.17) is 21.6 Å². The third kappa shape index (κ3) is 5.49. The molecule has 0 bridgehead atoms. The Balaban J connectivity index is 1.33. The molecule has 7 heteroatoms. The summed E-state index contributed by atoms with van der Waals surface area (Å²) in [4.78, 5) is 16.6. The highest BCUT2D eigenvalue weighted by molar-refractivity contribution is 6.31. The number of hydrogen-bond acceptors (Lipinski definition) is 6. The molecule has 5 rings (SSSR count). The van der Waals surface area contributed by atoms with Gasteiger partial charge in [0.1, 0.15) is 5.82 Å². The van der Waals surface area contributed by atoms with Crippen LogP contribution in [0.4, 0.5) is 17.5 Å². The highest BCUT2D eigenvalue weighted by Gasteiger charge is 2.30. The minimum Gasteiger partial charge on any atom is -0.384 e. The zero-order chi connectivity index (χ0) is 25.3. The van der Waals surface area contributed by atoms with Gasteiger partial charge in [0.15, 0.2) is 0 Å². The molecule has 4 aromatic rings. The lowest BCUT2D eigenvalue weighted by molar-refractivity contribution is 0.290. The van der Waals surface area contributed by atoms with Crippen LogP contribution in [0.1, 0.15) is 47.0 Å². The fourth-order valence-electron chi connectivity index (χ4n) is 5.45. The van der Waals surface area contributed by atoms with Gasteiger partial charge in [0.2, 0.25) is 5.95 Å². The Labute approximate surface area is 218 Å². The molecule has 0 saturated carbocycles. The molecule has 3 heterocycles. The van der Waals surface area contributed by atoms with Gasteiger partial charge < -0.3 is 15.5 Å². The first-order valence-electron chi connectivity index (χ1n) is 12.8. The lowest BCUT2D eigenvalue weighted by atomic mass is 9.79. The summed E-state index contributed by atoms with van der Waals surface area (Å²) in [5, 5.41) is 10.3. The number of aromatic nitrogens is 3. The van der Waals surface area contributed by atoms with E-state index in [0.29, 0.717) is 5.02 Å². The van der Waals surface area contributed by atoms with Crippen molar-refractivity contribution in [2.45, 2.75) is 52.5 Å². The van der Waals surface area contributed by atoms with Crippen molar-refractivity contribution in [3.63, 3.8) is 0 Å². The van der Waals surface area contributed by atoms with Crippen molar-refractivity contribution in [2.24, 2.45) is 5.41 Å². The van der Waals surface area contributed by atoms with Crippen LogP contribution < -0.4 is 15.5 Å². The number of benzene rings is 2. The third-order valence-electron chi connectivity index (χ3n) is 6.82. The number of anilines is 3. The van der Waals surface area contributed by atoms with E-state index >= 15 is 0 Å². The molecule has 188 valence electrons. The normalized spacial score (nSPS) is 14.5. The maximum atomic E-state index is 6.16. The topological polar surface area (TPSA) is 66.0 Å². The highest BCUT2D eigenvalue weighted by atomic mass is 35.5. The molecular formula is C29H35ClN6. The van der Waals surface area contributed by atoms with Gasteiger partial charge in [-0.2, -0.15) is 4.98 Å². The van der Waals surface area contributed by atoms with Crippen molar-refractivity contribution in [3.05, 3.63) is 59.8 Å². The first kappa shape index (κ1) is 24.6. The maximum absolute atomic E-state index is 6.16. The van der Waals surface area contributed by atoms with Crippen LogP contribution in [-0.4, -0.2) is 40.1 Å². The van der Waals surface area contributed by atoms with Crippen LogP contribution in [0.3, 0.4) is 0 Å². The van der Waals surface area contributed by atoms with Gasteiger partial charge in [0.05, 0.1) is 11.0 Å². The first-order chi connectivity index (χ1) is 17.2. The molecule has 0 amide bonds. The Kier molecular flexibility index (Phi) is 6.64. The van der Waals surface area contributed by atoms with Gasteiger partial charge in [-0.05, 0) is 74.9 Å². The van der Waals surface area contributed by atoms with Crippen LogP contribution in [0.5, 0.6) is 0 Å². The van der Waals surface area contributed by atoms with Crippen molar-refractivity contribution in [2.75, 3.05) is 35.2 Å². The molecule has 1 saturated heterocycles. The van der Waals surface area contributed by atoms with Crippen LogP contribution in [0, 0.1) is 5.41 Å². The van der Waals surface area contributed by atoms with E-state index in [9.17, 15) is 0 Å². The van der Waals surface area contributed by atoms with Crippen molar-refractivity contribution in [3.8, 4) is 0 Å². The summed E-state index contributed by atoms with van der Waals surface area (Å²) in [5.41, 5.74) is 2.79. The molecule has 0 unspecified atom stereocenters. The Bertz CT molecular complexity index is 1380. The van der Waals surface area contributed by atoms with Gasteiger partial charge in [-0.15, -0.1) is 0 Å². The molecule has 2 N–H and O–H groups in total. The quantitative estimate of drug-likeness (QED) is 0.266. The number of pyridine rings is 1. The van der Waals surface area contributed by atoms with Gasteiger partial charge in [-0.1, -0.05) is 37.6 Å². The van der Waals surface area contributed by atoms with Crippen LogP contribution in [0.2, 0.25) is 5.02 Å². The summed E-state index contributed by atoms with van der Waals surface area (Å²) in [6, 6.07) is 16.2. The monoisotopic (exact) mass is 502 g/mol. The van der Waals surface area contributed by atoms with Gasteiger partial charge in [-0.3, -0.25) is 4.98 Å². The molecule has 1 aliphatic rings. The zero-order valence-electron chi connectivity index (χ0n) is 21.6. The summed E-state index contributed by atoms with van der Waals surface area (Å²) < 4.78 is 0. The molecule has 0 aliphatic carbocycles. The number of nitrogens with zero attached hydrogens (tertiary/aromatic N) is 4. The number of fused-ring (bicyclic) bond motifs is 2. The number of rotatable bonds is 8. The Hall–Kier alpha value is -3.12. The summed E-state index contributed by atoms with van der Waals surface area (Å²) in [6.45, 7) is 12.0. The lowest BCUT2D eigenvalue weighted by Crippen LogP contribution is -2.39. The summed E-state index contributed by atoms with van der Waals surface area (Å²) in [6.07, 6.45) is 5.17. The van der Waals surface area contributed by atoms with Crippen molar-refractivity contribution >= 4 is 50.9 Å². The average molecular weight is 503 g/mol. The minimum absolute atomic E-state index is 0.0130. The Morgan fingerprint density at radius 3 is 2.50 bits per heavy atom. The largest absolute Gasteiger partial charge is 0.384 e. The molecule has 0 spiro atoms. The van der Waals surface area contributed by atoms with Crippen LogP contribution in [-0.2, 0) is 0 Å². The molecule has 1 aliphatic heterocycles. The number of hydrogen-bond donors (Lipinski definition) is 2. The fourth-order valence-corrected chi connectivity index (χ4v) is 5.62. The summed E-state index contributed by atoms with van der Waals surface area (Å²) in [7, 11) is 0. The Morgan fingerprint density at radius 1 is 0.917 bits per heavy atom. The summed E-state index contributed by atoms with van der Waals surface area (Å²) >= 11 is 6.16. The second-order valence-electron chi connectivity index (χ2n) is 11.3. The molecule has 2 aromatic carbocycles. The van der Waals surface area contributed by atoms with E-state index in [-0.39, 0.29) is 11.0 Å². The van der Waals surface area contributed by atoms with Crippen LogP contribution in [0.25, 0.3) is 21.8 Å². The van der Waals surface area contributed by atoms with Crippen LogP contribution >= 0.6 is 11.6 Å². The zero-order valence-corrected chi connectivity index (χ0v) is 22.4.